The van der Waals surface area contributed by atoms with Gasteiger partial charge in [0.25, 0.3) is 0 Å². The fraction of sp³-hybridized carbons (Fsp3) is 0.680. The predicted molar refractivity (Wildman–Crippen MR) is 118 cm³/mol. The summed E-state index contributed by atoms with van der Waals surface area (Å²) in [5.74, 6) is 0.780. The molecule has 5 heteroatoms. The molecule has 162 valence electrons. The van der Waals surface area contributed by atoms with Crippen LogP contribution in [0.5, 0.6) is 0 Å². The number of aromatic nitrogens is 1. The largest absolute Gasteiger partial charge is 0.417 e. The first-order valence-corrected chi connectivity index (χ1v) is 11.4. The molecule has 5 atom stereocenters. The van der Waals surface area contributed by atoms with Crippen molar-refractivity contribution in [3.63, 3.8) is 0 Å². The summed E-state index contributed by atoms with van der Waals surface area (Å²) in [6.07, 6.45) is 5.43. The van der Waals surface area contributed by atoms with E-state index in [9.17, 15) is 9.59 Å². The number of hydrogen-bond donors (Lipinski definition) is 2. The van der Waals surface area contributed by atoms with Crippen LogP contribution in [0.3, 0.4) is 0 Å². The molecule has 2 N–H and O–H groups in total. The number of amides is 1. The van der Waals surface area contributed by atoms with Crippen molar-refractivity contribution in [1.29, 1.82) is 0 Å². The van der Waals surface area contributed by atoms with Gasteiger partial charge < -0.3 is 9.73 Å². The first kappa shape index (κ1) is 19.9. The molecule has 30 heavy (non-hydrogen) atoms. The lowest BCUT2D eigenvalue weighted by Gasteiger charge is -2.63. The average molecular weight is 411 g/mol. The number of aromatic amines is 1. The Morgan fingerprint density at radius 3 is 2.60 bits per heavy atom. The van der Waals surface area contributed by atoms with E-state index in [1.165, 1.54) is 23.1 Å². The van der Waals surface area contributed by atoms with E-state index >= 15 is 0 Å². The van der Waals surface area contributed by atoms with Gasteiger partial charge in [0.05, 0.1) is 5.52 Å². The zero-order chi connectivity index (χ0) is 21.6. The van der Waals surface area contributed by atoms with Gasteiger partial charge in [0.15, 0.2) is 5.58 Å². The summed E-state index contributed by atoms with van der Waals surface area (Å²) in [4.78, 5) is 26.6. The van der Waals surface area contributed by atoms with E-state index in [4.69, 9.17) is 4.42 Å². The van der Waals surface area contributed by atoms with E-state index in [0.717, 1.165) is 36.8 Å². The third-order valence-electron chi connectivity index (χ3n) is 9.45. The molecule has 2 saturated carbocycles. The number of fused-ring (bicyclic) bond motifs is 7. The van der Waals surface area contributed by atoms with Gasteiger partial charge in [0.2, 0.25) is 5.91 Å². The highest BCUT2D eigenvalue weighted by atomic mass is 16.4. The number of oxazole rings is 1. The van der Waals surface area contributed by atoms with Crippen LogP contribution in [-0.4, -0.2) is 16.9 Å². The van der Waals surface area contributed by atoms with Crippen LogP contribution < -0.4 is 11.1 Å². The quantitative estimate of drug-likeness (QED) is 0.721. The minimum atomic E-state index is -0.362. The predicted octanol–water partition coefficient (Wildman–Crippen LogP) is 4.60. The van der Waals surface area contributed by atoms with Crippen molar-refractivity contribution >= 4 is 17.0 Å². The zero-order valence-corrected chi connectivity index (χ0v) is 19.1. The first-order chi connectivity index (χ1) is 14.0. The maximum Gasteiger partial charge on any atom is 0.417 e. The van der Waals surface area contributed by atoms with Gasteiger partial charge in [-0.1, -0.05) is 27.7 Å². The van der Waals surface area contributed by atoms with Crippen LogP contribution >= 0.6 is 0 Å². The second-order valence-corrected chi connectivity index (χ2v) is 11.3. The van der Waals surface area contributed by atoms with Crippen LogP contribution in [0.4, 0.5) is 0 Å². The Hall–Kier alpha value is -2.04. The molecule has 1 amide bonds. The number of nitrogens with one attached hydrogen (secondary N) is 2. The first-order valence-electron chi connectivity index (χ1n) is 11.4. The minimum Gasteiger partial charge on any atom is -0.408 e. The summed E-state index contributed by atoms with van der Waals surface area (Å²) >= 11 is 0. The topological polar surface area (TPSA) is 75.1 Å². The highest BCUT2D eigenvalue weighted by Gasteiger charge is 2.63. The molecule has 5 nitrogen and oxygen atoms in total. The molecule has 0 aliphatic heterocycles. The fourth-order valence-electron chi connectivity index (χ4n) is 8.32. The molecule has 1 heterocycles. The molecule has 0 saturated heterocycles. The van der Waals surface area contributed by atoms with E-state index in [-0.39, 0.29) is 34.0 Å². The molecule has 3 aliphatic rings. The van der Waals surface area contributed by atoms with Crippen molar-refractivity contribution in [2.45, 2.75) is 85.1 Å². The number of carbonyl (C=O) groups is 1. The summed E-state index contributed by atoms with van der Waals surface area (Å²) in [7, 11) is 0. The van der Waals surface area contributed by atoms with E-state index < -0.39 is 0 Å². The third kappa shape index (κ3) is 2.41. The second kappa shape index (κ2) is 6.02. The lowest BCUT2D eigenvalue weighted by atomic mass is 9.42. The highest BCUT2D eigenvalue weighted by Crippen LogP contribution is 2.68. The van der Waals surface area contributed by atoms with Gasteiger partial charge in [0, 0.05) is 18.5 Å². The Morgan fingerprint density at radius 2 is 1.90 bits per heavy atom. The molecule has 0 bridgehead atoms. The van der Waals surface area contributed by atoms with E-state index in [1.54, 1.807) is 6.92 Å². The maximum atomic E-state index is 11.9. The normalized spacial score (nSPS) is 36.8. The maximum absolute atomic E-state index is 11.9. The van der Waals surface area contributed by atoms with Crippen molar-refractivity contribution in [3.05, 3.63) is 33.3 Å². The summed E-state index contributed by atoms with van der Waals surface area (Å²) in [5, 5.41) is 3.25. The van der Waals surface area contributed by atoms with Gasteiger partial charge >= 0.3 is 5.76 Å². The highest BCUT2D eigenvalue weighted by molar-refractivity contribution is 5.81. The molecular formula is C25H34N2O3. The Balaban J connectivity index is 1.62. The molecule has 5 rings (SSSR count). The molecule has 0 spiro atoms. The Bertz CT molecular complexity index is 1110. The van der Waals surface area contributed by atoms with Crippen molar-refractivity contribution < 1.29 is 9.21 Å². The van der Waals surface area contributed by atoms with Crippen molar-refractivity contribution in [2.75, 3.05) is 0 Å². The fourth-order valence-corrected chi connectivity index (χ4v) is 8.32. The van der Waals surface area contributed by atoms with Crippen molar-refractivity contribution in [1.82, 2.24) is 10.3 Å². The van der Waals surface area contributed by atoms with Crippen LogP contribution in [0, 0.1) is 29.6 Å². The van der Waals surface area contributed by atoms with Crippen LogP contribution in [-0.2, 0) is 16.6 Å². The number of aryl methyl sites for hydroxylation is 1. The van der Waals surface area contributed by atoms with E-state index in [2.05, 4.69) is 51.0 Å². The Kier molecular flexibility index (Phi) is 3.99. The summed E-state index contributed by atoms with van der Waals surface area (Å²) < 4.78 is 5.63. The number of benzene rings is 1. The zero-order valence-electron chi connectivity index (χ0n) is 19.1. The molecule has 1 aromatic heterocycles. The van der Waals surface area contributed by atoms with Gasteiger partial charge in [0.1, 0.15) is 0 Å². The number of rotatable bonds is 1. The number of H-pyrrole nitrogens is 1. The van der Waals surface area contributed by atoms with Crippen LogP contribution in [0.1, 0.15) is 77.0 Å². The number of hydrogen-bond acceptors (Lipinski definition) is 3. The van der Waals surface area contributed by atoms with Gasteiger partial charge in [-0.05, 0) is 84.3 Å². The van der Waals surface area contributed by atoms with E-state index in [1.807, 2.05) is 0 Å². The van der Waals surface area contributed by atoms with Crippen LogP contribution in [0.25, 0.3) is 11.1 Å². The molecule has 2 fully saturated rings. The van der Waals surface area contributed by atoms with Gasteiger partial charge in [-0.2, -0.15) is 0 Å². The summed E-state index contributed by atoms with van der Waals surface area (Å²) in [6, 6.07) is 2.33. The monoisotopic (exact) mass is 410 g/mol. The Labute approximate surface area is 178 Å². The molecule has 2 aromatic rings. The Morgan fingerprint density at radius 1 is 1.17 bits per heavy atom. The van der Waals surface area contributed by atoms with Crippen LogP contribution in [0.15, 0.2) is 15.3 Å². The molecule has 1 aromatic carbocycles. The summed E-state index contributed by atoms with van der Waals surface area (Å²) in [5.41, 5.74) is 5.89. The van der Waals surface area contributed by atoms with Gasteiger partial charge in [-0.25, -0.2) is 4.79 Å². The lowest BCUT2D eigenvalue weighted by molar-refractivity contribution is -0.131. The molecule has 0 radical (unpaired) electrons. The van der Waals surface area contributed by atoms with Crippen LogP contribution in [0.2, 0.25) is 0 Å². The van der Waals surface area contributed by atoms with Crippen molar-refractivity contribution in [3.8, 4) is 0 Å². The van der Waals surface area contributed by atoms with Gasteiger partial charge in [-0.3, -0.25) is 9.78 Å². The molecule has 3 aliphatic carbocycles. The standard InChI is InChI=1S/C25H34N2O3/c1-13-11-16-21(30-22(29)27-16)15-12-18-24(5)10-8-19(26-14(2)28)23(3,4)17(24)7-9-25(18,6)20(13)15/h11,17-19H,7-10,12H2,1-6H3,(H,26,28)(H,27,29). The van der Waals surface area contributed by atoms with E-state index in [0.29, 0.717) is 11.8 Å². The summed E-state index contributed by atoms with van der Waals surface area (Å²) in [6.45, 7) is 13.5. The SMILES string of the molecule is CC(=O)NC1CCC2(C)C3Cc4c(c(C)cc5[nH]c(=O)oc45)C3(C)CCC2C1(C)C. The van der Waals surface area contributed by atoms with Crippen molar-refractivity contribution in [2.24, 2.45) is 22.7 Å². The van der Waals surface area contributed by atoms with Gasteiger partial charge in [-0.15, -0.1) is 0 Å². The third-order valence-corrected chi connectivity index (χ3v) is 9.45. The lowest BCUT2D eigenvalue weighted by Crippen LogP contribution is -2.61. The molecular weight excluding hydrogens is 376 g/mol. The minimum absolute atomic E-state index is 0.0553. The smallest absolute Gasteiger partial charge is 0.408 e. The average Bonchev–Trinajstić information content (AvgIpc) is 3.15. The molecule has 5 unspecified atom stereocenters. The second-order valence-electron chi connectivity index (χ2n) is 11.3. The number of carbonyl (C=O) groups excluding carboxylic acids is 1.